The van der Waals surface area contributed by atoms with Crippen molar-refractivity contribution in [3.05, 3.63) is 33.9 Å². The van der Waals surface area contributed by atoms with Gasteiger partial charge in [-0.3, -0.25) is 10.1 Å². The Morgan fingerprint density at radius 3 is 2.88 bits per heavy atom. The summed E-state index contributed by atoms with van der Waals surface area (Å²) in [6.07, 6.45) is 5.07. The largest absolute Gasteiger partial charge is 0.379 e. The number of aryl methyl sites for hydroxylation is 1. The third kappa shape index (κ3) is 3.44. The molecule has 2 rings (SSSR count). The Labute approximate surface area is 101 Å². The van der Waals surface area contributed by atoms with Gasteiger partial charge in [-0.25, -0.2) is 0 Å². The van der Waals surface area contributed by atoms with Crippen LogP contribution in [0.3, 0.4) is 0 Å². The number of benzene rings is 1. The molecule has 0 aromatic heterocycles. The molecular weight excluding hydrogens is 216 g/mol. The van der Waals surface area contributed by atoms with E-state index in [1.165, 1.54) is 19.3 Å². The summed E-state index contributed by atoms with van der Waals surface area (Å²) in [6, 6.07) is 5.18. The van der Waals surface area contributed by atoms with E-state index in [0.717, 1.165) is 24.4 Å². The van der Waals surface area contributed by atoms with E-state index < -0.39 is 0 Å². The normalized spacial score (nSPS) is 14.6. The zero-order chi connectivity index (χ0) is 12.3. The molecule has 0 radical (unpaired) electrons. The molecule has 17 heavy (non-hydrogen) atoms. The van der Waals surface area contributed by atoms with E-state index in [4.69, 9.17) is 0 Å². The molecule has 0 amide bonds. The van der Waals surface area contributed by atoms with Crippen LogP contribution in [0.5, 0.6) is 0 Å². The maximum Gasteiger partial charge on any atom is 0.292 e. The first-order valence-electron chi connectivity index (χ1n) is 6.16. The molecule has 4 heteroatoms. The second kappa shape index (κ2) is 5.17. The number of rotatable bonds is 6. The van der Waals surface area contributed by atoms with Gasteiger partial charge in [0.15, 0.2) is 0 Å². The van der Waals surface area contributed by atoms with Crippen LogP contribution in [0.2, 0.25) is 0 Å². The SMILES string of the molecule is Cc1ccc([N+](=O)[O-])c(NCCCC2CC2)c1. The van der Waals surface area contributed by atoms with Gasteiger partial charge in [0.1, 0.15) is 5.69 Å². The first kappa shape index (κ1) is 11.9. The van der Waals surface area contributed by atoms with Crippen LogP contribution in [0.15, 0.2) is 18.2 Å². The summed E-state index contributed by atoms with van der Waals surface area (Å²) in [7, 11) is 0. The molecule has 1 N–H and O–H groups in total. The van der Waals surface area contributed by atoms with Gasteiger partial charge in [0, 0.05) is 12.6 Å². The van der Waals surface area contributed by atoms with Crippen molar-refractivity contribution in [1.29, 1.82) is 0 Å². The maximum absolute atomic E-state index is 10.8. The van der Waals surface area contributed by atoms with Gasteiger partial charge in [0.2, 0.25) is 0 Å². The van der Waals surface area contributed by atoms with E-state index >= 15 is 0 Å². The Morgan fingerprint density at radius 1 is 1.47 bits per heavy atom. The van der Waals surface area contributed by atoms with E-state index in [2.05, 4.69) is 5.32 Å². The highest BCUT2D eigenvalue weighted by atomic mass is 16.6. The zero-order valence-electron chi connectivity index (χ0n) is 10.1. The number of nitrogens with one attached hydrogen (secondary N) is 1. The van der Waals surface area contributed by atoms with Crippen molar-refractivity contribution in [2.24, 2.45) is 5.92 Å². The van der Waals surface area contributed by atoms with E-state index in [-0.39, 0.29) is 10.6 Å². The first-order chi connectivity index (χ1) is 8.16. The van der Waals surface area contributed by atoms with Crippen molar-refractivity contribution >= 4 is 11.4 Å². The van der Waals surface area contributed by atoms with Crippen molar-refractivity contribution in [1.82, 2.24) is 0 Å². The van der Waals surface area contributed by atoms with Gasteiger partial charge in [-0.2, -0.15) is 0 Å². The molecule has 92 valence electrons. The monoisotopic (exact) mass is 234 g/mol. The van der Waals surface area contributed by atoms with Gasteiger partial charge in [0.05, 0.1) is 4.92 Å². The van der Waals surface area contributed by atoms with Crippen molar-refractivity contribution < 1.29 is 4.92 Å². The molecule has 1 aliphatic rings. The van der Waals surface area contributed by atoms with Gasteiger partial charge >= 0.3 is 0 Å². The zero-order valence-corrected chi connectivity index (χ0v) is 10.1. The molecule has 1 aromatic carbocycles. The van der Waals surface area contributed by atoms with Crippen LogP contribution >= 0.6 is 0 Å². The van der Waals surface area contributed by atoms with Gasteiger partial charge < -0.3 is 5.32 Å². The molecule has 0 heterocycles. The average Bonchev–Trinajstić information content (AvgIpc) is 3.08. The molecule has 0 aliphatic heterocycles. The van der Waals surface area contributed by atoms with Crippen molar-refractivity contribution in [2.45, 2.75) is 32.6 Å². The predicted molar refractivity (Wildman–Crippen MR) is 68.3 cm³/mol. The third-order valence-electron chi connectivity index (χ3n) is 3.15. The van der Waals surface area contributed by atoms with E-state index in [0.29, 0.717) is 5.69 Å². The molecule has 1 aliphatic carbocycles. The van der Waals surface area contributed by atoms with Crippen LogP contribution in [0.4, 0.5) is 11.4 Å². The van der Waals surface area contributed by atoms with E-state index in [1.807, 2.05) is 13.0 Å². The van der Waals surface area contributed by atoms with Gasteiger partial charge in [-0.15, -0.1) is 0 Å². The minimum absolute atomic E-state index is 0.169. The van der Waals surface area contributed by atoms with Crippen molar-refractivity contribution in [2.75, 3.05) is 11.9 Å². The fourth-order valence-electron chi connectivity index (χ4n) is 1.97. The number of hydrogen-bond acceptors (Lipinski definition) is 3. The minimum Gasteiger partial charge on any atom is -0.379 e. The summed E-state index contributed by atoms with van der Waals surface area (Å²) in [6.45, 7) is 2.76. The smallest absolute Gasteiger partial charge is 0.292 e. The molecule has 0 bridgehead atoms. The molecule has 0 unspecified atom stereocenters. The number of nitro groups is 1. The lowest BCUT2D eigenvalue weighted by molar-refractivity contribution is -0.384. The van der Waals surface area contributed by atoms with Gasteiger partial charge in [0.25, 0.3) is 5.69 Å². The molecule has 4 nitrogen and oxygen atoms in total. The van der Waals surface area contributed by atoms with Crippen LogP contribution in [-0.2, 0) is 0 Å². The topological polar surface area (TPSA) is 55.2 Å². The summed E-state index contributed by atoms with van der Waals surface area (Å²) in [5.41, 5.74) is 1.85. The van der Waals surface area contributed by atoms with E-state index in [9.17, 15) is 10.1 Å². The van der Waals surface area contributed by atoms with Crippen LogP contribution in [0, 0.1) is 23.0 Å². The standard InChI is InChI=1S/C13H18N2O2/c1-10-4-7-13(15(16)17)12(9-10)14-8-2-3-11-5-6-11/h4,7,9,11,14H,2-3,5-6,8H2,1H3. The molecule has 1 saturated carbocycles. The van der Waals surface area contributed by atoms with Gasteiger partial charge in [-0.1, -0.05) is 18.9 Å². The van der Waals surface area contributed by atoms with Crippen LogP contribution in [0.25, 0.3) is 0 Å². The Kier molecular flexibility index (Phi) is 3.61. The summed E-state index contributed by atoms with van der Waals surface area (Å²) in [5.74, 6) is 0.921. The second-order valence-corrected chi connectivity index (χ2v) is 4.79. The fourth-order valence-corrected chi connectivity index (χ4v) is 1.97. The number of nitrogens with zero attached hydrogens (tertiary/aromatic N) is 1. The molecule has 0 atom stereocenters. The molecule has 1 aromatic rings. The molecule has 0 spiro atoms. The maximum atomic E-state index is 10.8. The van der Waals surface area contributed by atoms with Gasteiger partial charge in [-0.05, 0) is 37.3 Å². The lowest BCUT2D eigenvalue weighted by Gasteiger charge is -2.07. The van der Waals surface area contributed by atoms with E-state index in [1.54, 1.807) is 12.1 Å². The molecular formula is C13H18N2O2. The number of nitro benzene ring substituents is 1. The molecule has 0 saturated heterocycles. The highest BCUT2D eigenvalue weighted by molar-refractivity contribution is 5.62. The quantitative estimate of drug-likeness (QED) is 0.465. The lowest BCUT2D eigenvalue weighted by atomic mass is 10.2. The Balaban J connectivity index is 1.92. The van der Waals surface area contributed by atoms with Crippen LogP contribution in [0.1, 0.15) is 31.2 Å². The Bertz CT molecular complexity index is 414. The average molecular weight is 234 g/mol. The Hall–Kier alpha value is -1.58. The predicted octanol–water partition coefficient (Wildman–Crippen LogP) is 3.51. The van der Waals surface area contributed by atoms with Crippen molar-refractivity contribution in [3.63, 3.8) is 0 Å². The highest BCUT2D eigenvalue weighted by Gasteiger charge is 2.20. The number of anilines is 1. The summed E-state index contributed by atoms with van der Waals surface area (Å²) in [5, 5.41) is 14.0. The molecule has 1 fully saturated rings. The van der Waals surface area contributed by atoms with Crippen molar-refractivity contribution in [3.8, 4) is 0 Å². The lowest BCUT2D eigenvalue weighted by Crippen LogP contribution is -2.04. The van der Waals surface area contributed by atoms with Crippen LogP contribution in [-0.4, -0.2) is 11.5 Å². The number of hydrogen-bond donors (Lipinski definition) is 1. The Morgan fingerprint density at radius 2 is 2.24 bits per heavy atom. The fraction of sp³-hybridized carbons (Fsp3) is 0.538. The summed E-state index contributed by atoms with van der Waals surface area (Å²) < 4.78 is 0. The summed E-state index contributed by atoms with van der Waals surface area (Å²) >= 11 is 0. The first-order valence-corrected chi connectivity index (χ1v) is 6.16. The summed E-state index contributed by atoms with van der Waals surface area (Å²) in [4.78, 5) is 10.5. The third-order valence-corrected chi connectivity index (χ3v) is 3.15. The minimum atomic E-state index is -0.331. The second-order valence-electron chi connectivity index (χ2n) is 4.79. The highest BCUT2D eigenvalue weighted by Crippen LogP contribution is 2.33. The van der Waals surface area contributed by atoms with Crippen LogP contribution < -0.4 is 5.32 Å².